The summed E-state index contributed by atoms with van der Waals surface area (Å²) >= 11 is 0. The first kappa shape index (κ1) is 19.1. The SMILES string of the molecule is CC(C)CCC(C)(O)CNC(=O)C(C)n1nnc(-c2ccccc2)n1. The van der Waals surface area contributed by atoms with E-state index >= 15 is 0 Å². The van der Waals surface area contributed by atoms with E-state index in [2.05, 4.69) is 34.6 Å². The lowest BCUT2D eigenvalue weighted by atomic mass is 9.95. The van der Waals surface area contributed by atoms with Gasteiger partial charge in [0.25, 0.3) is 0 Å². The van der Waals surface area contributed by atoms with Crippen LogP contribution >= 0.6 is 0 Å². The minimum absolute atomic E-state index is 0.198. The van der Waals surface area contributed by atoms with E-state index in [1.165, 1.54) is 4.80 Å². The predicted molar refractivity (Wildman–Crippen MR) is 95.7 cm³/mol. The average Bonchev–Trinajstić information content (AvgIpc) is 3.08. The molecule has 0 radical (unpaired) electrons. The molecule has 7 heteroatoms. The molecule has 136 valence electrons. The van der Waals surface area contributed by atoms with E-state index in [1.807, 2.05) is 30.3 Å². The second-order valence-corrected chi connectivity index (χ2v) is 7.12. The number of hydrogen-bond donors (Lipinski definition) is 2. The lowest BCUT2D eigenvalue weighted by Crippen LogP contribution is -2.43. The van der Waals surface area contributed by atoms with Crippen molar-refractivity contribution in [2.45, 2.75) is 52.2 Å². The van der Waals surface area contributed by atoms with Gasteiger partial charge in [0.2, 0.25) is 11.7 Å². The molecule has 1 heterocycles. The maximum atomic E-state index is 12.3. The summed E-state index contributed by atoms with van der Waals surface area (Å²) in [7, 11) is 0. The van der Waals surface area contributed by atoms with Crippen LogP contribution in [0.15, 0.2) is 30.3 Å². The van der Waals surface area contributed by atoms with Gasteiger partial charge in [0.05, 0.1) is 5.60 Å². The normalized spacial score (nSPS) is 15.0. The number of carbonyl (C=O) groups is 1. The smallest absolute Gasteiger partial charge is 0.246 e. The Labute approximate surface area is 148 Å². The zero-order valence-corrected chi connectivity index (χ0v) is 15.3. The largest absolute Gasteiger partial charge is 0.388 e. The van der Waals surface area contributed by atoms with Crippen molar-refractivity contribution in [1.82, 2.24) is 25.5 Å². The number of rotatable bonds is 8. The Hall–Kier alpha value is -2.28. The fraction of sp³-hybridized carbons (Fsp3) is 0.556. The van der Waals surface area contributed by atoms with E-state index in [4.69, 9.17) is 0 Å². The molecule has 1 amide bonds. The van der Waals surface area contributed by atoms with Crippen molar-refractivity contribution >= 4 is 5.91 Å². The zero-order valence-electron chi connectivity index (χ0n) is 15.3. The van der Waals surface area contributed by atoms with Crippen LogP contribution in [-0.2, 0) is 4.79 Å². The highest BCUT2D eigenvalue weighted by Crippen LogP contribution is 2.16. The first-order valence-corrected chi connectivity index (χ1v) is 8.63. The summed E-state index contributed by atoms with van der Waals surface area (Å²) in [5, 5.41) is 25.4. The van der Waals surface area contributed by atoms with Crippen LogP contribution in [0.3, 0.4) is 0 Å². The minimum Gasteiger partial charge on any atom is -0.388 e. The highest BCUT2D eigenvalue weighted by Gasteiger charge is 2.24. The second-order valence-electron chi connectivity index (χ2n) is 7.12. The second kappa shape index (κ2) is 8.20. The quantitative estimate of drug-likeness (QED) is 0.765. The molecule has 0 bridgehead atoms. The summed E-state index contributed by atoms with van der Waals surface area (Å²) in [4.78, 5) is 13.6. The van der Waals surface area contributed by atoms with E-state index in [9.17, 15) is 9.90 Å². The average molecular weight is 345 g/mol. The highest BCUT2D eigenvalue weighted by atomic mass is 16.3. The van der Waals surface area contributed by atoms with Gasteiger partial charge >= 0.3 is 0 Å². The molecule has 2 atom stereocenters. The molecule has 0 aliphatic carbocycles. The van der Waals surface area contributed by atoms with Crippen LogP contribution in [0.2, 0.25) is 0 Å². The number of amides is 1. The Bertz CT molecular complexity index is 682. The van der Waals surface area contributed by atoms with Gasteiger partial charge in [0.15, 0.2) is 0 Å². The van der Waals surface area contributed by atoms with Gasteiger partial charge in [-0.15, -0.1) is 10.2 Å². The molecule has 0 fully saturated rings. The third kappa shape index (κ3) is 5.63. The Morgan fingerprint density at radius 1 is 1.28 bits per heavy atom. The topological polar surface area (TPSA) is 92.9 Å². The zero-order chi connectivity index (χ0) is 18.4. The van der Waals surface area contributed by atoms with E-state index in [0.717, 1.165) is 12.0 Å². The number of aromatic nitrogens is 4. The van der Waals surface area contributed by atoms with Gasteiger partial charge in [0, 0.05) is 12.1 Å². The number of carbonyl (C=O) groups excluding carboxylic acids is 1. The van der Waals surface area contributed by atoms with Crippen LogP contribution in [-0.4, -0.2) is 43.4 Å². The Morgan fingerprint density at radius 3 is 2.60 bits per heavy atom. The fourth-order valence-corrected chi connectivity index (χ4v) is 2.31. The molecule has 0 aliphatic heterocycles. The molecule has 7 nitrogen and oxygen atoms in total. The summed E-state index contributed by atoms with van der Waals surface area (Å²) in [6.07, 6.45) is 1.54. The first-order valence-electron chi connectivity index (χ1n) is 8.63. The molecular formula is C18H27N5O2. The number of nitrogens with zero attached hydrogens (tertiary/aromatic N) is 4. The minimum atomic E-state index is -0.926. The standard InChI is InChI=1S/C18H27N5O2/c1-13(2)10-11-18(4,25)12-19-17(24)14(3)23-21-16(20-22-23)15-8-6-5-7-9-15/h5-9,13-14,25H,10-12H2,1-4H3,(H,19,24). The van der Waals surface area contributed by atoms with E-state index in [-0.39, 0.29) is 12.5 Å². The van der Waals surface area contributed by atoms with Crippen LogP contribution in [0.1, 0.15) is 46.6 Å². The lowest BCUT2D eigenvalue weighted by Gasteiger charge is -2.25. The van der Waals surface area contributed by atoms with Gasteiger partial charge in [-0.2, -0.15) is 4.80 Å². The number of tetrazole rings is 1. The molecule has 2 aromatic rings. The maximum absolute atomic E-state index is 12.3. The van der Waals surface area contributed by atoms with Gasteiger partial charge in [-0.05, 0) is 37.8 Å². The van der Waals surface area contributed by atoms with Gasteiger partial charge in [-0.3, -0.25) is 4.79 Å². The third-order valence-electron chi connectivity index (χ3n) is 4.09. The van der Waals surface area contributed by atoms with Crippen molar-refractivity contribution in [2.24, 2.45) is 5.92 Å². The monoisotopic (exact) mass is 345 g/mol. The first-order chi connectivity index (χ1) is 11.8. The van der Waals surface area contributed by atoms with Crippen LogP contribution in [0.5, 0.6) is 0 Å². The van der Waals surface area contributed by atoms with E-state index in [0.29, 0.717) is 18.2 Å². The Morgan fingerprint density at radius 2 is 1.96 bits per heavy atom. The van der Waals surface area contributed by atoms with Crippen LogP contribution in [0.4, 0.5) is 0 Å². The number of hydrogen-bond acceptors (Lipinski definition) is 5. The van der Waals surface area contributed by atoms with Gasteiger partial charge < -0.3 is 10.4 Å². The molecule has 2 unspecified atom stereocenters. The molecule has 0 saturated heterocycles. The van der Waals surface area contributed by atoms with Crippen molar-refractivity contribution in [3.63, 3.8) is 0 Å². The highest BCUT2D eigenvalue weighted by molar-refractivity contribution is 5.79. The van der Waals surface area contributed by atoms with Gasteiger partial charge in [-0.25, -0.2) is 0 Å². The van der Waals surface area contributed by atoms with Crippen molar-refractivity contribution in [3.8, 4) is 11.4 Å². The summed E-state index contributed by atoms with van der Waals surface area (Å²) in [6, 6.07) is 8.87. The van der Waals surface area contributed by atoms with Crippen molar-refractivity contribution < 1.29 is 9.90 Å². The molecule has 0 saturated carbocycles. The van der Waals surface area contributed by atoms with Crippen molar-refractivity contribution in [2.75, 3.05) is 6.54 Å². The van der Waals surface area contributed by atoms with Crippen molar-refractivity contribution in [3.05, 3.63) is 30.3 Å². The van der Waals surface area contributed by atoms with Crippen LogP contribution in [0, 0.1) is 5.92 Å². The molecule has 2 rings (SSSR count). The van der Waals surface area contributed by atoms with Crippen molar-refractivity contribution in [1.29, 1.82) is 0 Å². The molecule has 1 aromatic heterocycles. The molecule has 1 aromatic carbocycles. The fourth-order valence-electron chi connectivity index (χ4n) is 2.31. The van der Waals surface area contributed by atoms with Crippen LogP contribution in [0.25, 0.3) is 11.4 Å². The Balaban J connectivity index is 1.93. The maximum Gasteiger partial charge on any atom is 0.246 e. The molecule has 0 spiro atoms. The van der Waals surface area contributed by atoms with Gasteiger partial charge in [0.1, 0.15) is 6.04 Å². The molecule has 2 N–H and O–H groups in total. The number of nitrogens with one attached hydrogen (secondary N) is 1. The van der Waals surface area contributed by atoms with Gasteiger partial charge in [-0.1, -0.05) is 44.2 Å². The molecule has 25 heavy (non-hydrogen) atoms. The Kier molecular flexibility index (Phi) is 6.25. The third-order valence-corrected chi connectivity index (χ3v) is 4.09. The number of aliphatic hydroxyl groups is 1. The van der Waals surface area contributed by atoms with E-state index in [1.54, 1.807) is 13.8 Å². The van der Waals surface area contributed by atoms with Crippen LogP contribution < -0.4 is 5.32 Å². The summed E-state index contributed by atoms with van der Waals surface area (Å²) in [5.74, 6) is 0.739. The van der Waals surface area contributed by atoms with E-state index < -0.39 is 11.6 Å². The molecular weight excluding hydrogens is 318 g/mol. The predicted octanol–water partition coefficient (Wildman–Crippen LogP) is 2.20. The summed E-state index contributed by atoms with van der Waals surface area (Å²) < 4.78 is 0. The number of benzene rings is 1. The summed E-state index contributed by atoms with van der Waals surface area (Å²) in [5.41, 5.74) is -0.0806. The summed E-state index contributed by atoms with van der Waals surface area (Å²) in [6.45, 7) is 7.86. The molecule has 0 aliphatic rings. The lowest BCUT2D eigenvalue weighted by molar-refractivity contribution is -0.125.